The number of hydrogen-bond donors (Lipinski definition) is 2. The van der Waals surface area contributed by atoms with Crippen LogP contribution in [0, 0.1) is 13.8 Å². The predicted molar refractivity (Wildman–Crippen MR) is 87.3 cm³/mol. The van der Waals surface area contributed by atoms with Gasteiger partial charge in [-0.15, -0.1) is 0 Å². The zero-order valence-corrected chi connectivity index (χ0v) is 13.3. The number of anilines is 2. The number of halogens is 1. The molecule has 0 aliphatic heterocycles. The van der Waals surface area contributed by atoms with Crippen molar-refractivity contribution in [2.24, 2.45) is 0 Å². The Balaban J connectivity index is 2.04. The van der Waals surface area contributed by atoms with Gasteiger partial charge in [0.15, 0.2) is 0 Å². The third-order valence-electron chi connectivity index (χ3n) is 3.02. The van der Waals surface area contributed by atoms with Crippen LogP contribution in [0.3, 0.4) is 0 Å². The molecule has 2 aromatic rings. The van der Waals surface area contributed by atoms with Crippen molar-refractivity contribution in [3.05, 3.63) is 58.1 Å². The molecule has 0 saturated heterocycles. The van der Waals surface area contributed by atoms with Crippen LogP contribution in [0.5, 0.6) is 0 Å². The van der Waals surface area contributed by atoms with E-state index in [0.29, 0.717) is 11.4 Å². The van der Waals surface area contributed by atoms with Gasteiger partial charge in [0.05, 0.1) is 0 Å². The summed E-state index contributed by atoms with van der Waals surface area (Å²) in [5.74, 6) is -1.38. The largest absolute Gasteiger partial charge is 0.318 e. The molecule has 4 nitrogen and oxygen atoms in total. The summed E-state index contributed by atoms with van der Waals surface area (Å²) < 4.78 is 0.949. The van der Waals surface area contributed by atoms with Gasteiger partial charge in [-0.25, -0.2) is 0 Å². The molecule has 0 atom stereocenters. The second kappa shape index (κ2) is 6.54. The molecular weight excluding hydrogens is 332 g/mol. The average molecular weight is 347 g/mol. The number of benzene rings is 2. The fourth-order valence-electron chi connectivity index (χ4n) is 1.80. The molecular formula is C16H15BrN2O2. The Morgan fingerprint density at radius 1 is 0.905 bits per heavy atom. The molecule has 0 aliphatic rings. The van der Waals surface area contributed by atoms with Crippen molar-refractivity contribution in [1.82, 2.24) is 0 Å². The van der Waals surface area contributed by atoms with E-state index >= 15 is 0 Å². The Kier molecular flexibility index (Phi) is 4.75. The number of carbonyl (C=O) groups excluding carboxylic acids is 2. The van der Waals surface area contributed by atoms with Crippen LogP contribution in [-0.4, -0.2) is 11.8 Å². The Bertz CT molecular complexity index is 698. The van der Waals surface area contributed by atoms with Crippen LogP contribution in [0.2, 0.25) is 0 Å². The summed E-state index contributed by atoms with van der Waals surface area (Å²) in [4.78, 5) is 23.8. The van der Waals surface area contributed by atoms with E-state index in [4.69, 9.17) is 0 Å². The van der Waals surface area contributed by atoms with E-state index in [1.54, 1.807) is 24.3 Å². The zero-order valence-electron chi connectivity index (χ0n) is 11.7. The summed E-state index contributed by atoms with van der Waals surface area (Å²) in [5.41, 5.74) is 3.09. The van der Waals surface area contributed by atoms with Crippen LogP contribution in [0.4, 0.5) is 11.4 Å². The molecule has 108 valence electrons. The molecule has 2 amide bonds. The Hall–Kier alpha value is -2.14. The minimum atomic E-state index is -0.694. The Morgan fingerprint density at radius 2 is 1.57 bits per heavy atom. The van der Waals surface area contributed by atoms with Crippen LogP contribution in [0.15, 0.2) is 46.9 Å². The van der Waals surface area contributed by atoms with Gasteiger partial charge in [-0.1, -0.05) is 34.1 Å². The highest BCUT2D eigenvalue weighted by molar-refractivity contribution is 9.10. The maximum Gasteiger partial charge on any atom is 0.314 e. The quantitative estimate of drug-likeness (QED) is 0.815. The second-order valence-corrected chi connectivity index (χ2v) is 5.54. The number of carbonyl (C=O) groups is 2. The van der Waals surface area contributed by atoms with Gasteiger partial charge < -0.3 is 10.6 Å². The number of nitrogens with one attached hydrogen (secondary N) is 2. The molecule has 0 aliphatic carbocycles. The van der Waals surface area contributed by atoms with E-state index in [1.807, 2.05) is 32.0 Å². The average Bonchev–Trinajstić information content (AvgIpc) is 2.45. The smallest absolute Gasteiger partial charge is 0.314 e. The van der Waals surface area contributed by atoms with Gasteiger partial charge in [0.2, 0.25) is 0 Å². The summed E-state index contributed by atoms with van der Waals surface area (Å²) in [5, 5.41) is 5.17. The molecule has 2 aromatic carbocycles. The lowest BCUT2D eigenvalue weighted by molar-refractivity contribution is -0.133. The molecule has 21 heavy (non-hydrogen) atoms. The first kappa shape index (κ1) is 15.3. The SMILES string of the molecule is Cc1cc(NC(=O)C(=O)Nc2ccccc2C)ccc1Br. The normalized spacial score (nSPS) is 10.0. The molecule has 2 rings (SSSR count). The standard InChI is InChI=1S/C16H15BrN2O2/c1-10-5-3-4-6-14(10)19-16(21)15(20)18-12-7-8-13(17)11(2)9-12/h3-9H,1-2H3,(H,18,20)(H,19,21). The lowest BCUT2D eigenvalue weighted by atomic mass is 10.2. The first-order chi connectivity index (χ1) is 9.97. The molecule has 2 N–H and O–H groups in total. The van der Waals surface area contributed by atoms with Gasteiger partial charge >= 0.3 is 11.8 Å². The summed E-state index contributed by atoms with van der Waals surface area (Å²) in [6.07, 6.45) is 0. The maximum atomic E-state index is 11.9. The zero-order chi connectivity index (χ0) is 15.4. The summed E-state index contributed by atoms with van der Waals surface area (Å²) in [7, 11) is 0. The number of rotatable bonds is 2. The summed E-state index contributed by atoms with van der Waals surface area (Å²) >= 11 is 3.38. The third kappa shape index (κ3) is 3.92. The third-order valence-corrected chi connectivity index (χ3v) is 3.91. The van der Waals surface area contributed by atoms with Crippen molar-refractivity contribution in [2.75, 3.05) is 10.6 Å². The second-order valence-electron chi connectivity index (χ2n) is 4.69. The number of aryl methyl sites for hydroxylation is 2. The van der Waals surface area contributed by atoms with Gasteiger partial charge in [0.25, 0.3) is 0 Å². The van der Waals surface area contributed by atoms with Gasteiger partial charge in [-0.05, 0) is 49.2 Å². The van der Waals surface area contributed by atoms with E-state index in [1.165, 1.54) is 0 Å². The molecule has 0 aromatic heterocycles. The van der Waals surface area contributed by atoms with Crippen LogP contribution in [-0.2, 0) is 9.59 Å². The van der Waals surface area contributed by atoms with Crippen LogP contribution in [0.1, 0.15) is 11.1 Å². The van der Waals surface area contributed by atoms with Crippen LogP contribution >= 0.6 is 15.9 Å². The van der Waals surface area contributed by atoms with Gasteiger partial charge in [-0.2, -0.15) is 0 Å². The highest BCUT2D eigenvalue weighted by Gasteiger charge is 2.15. The highest BCUT2D eigenvalue weighted by atomic mass is 79.9. The van der Waals surface area contributed by atoms with Crippen molar-refractivity contribution in [2.45, 2.75) is 13.8 Å². The van der Waals surface area contributed by atoms with Gasteiger partial charge in [0, 0.05) is 15.8 Å². The van der Waals surface area contributed by atoms with Crippen molar-refractivity contribution in [3.8, 4) is 0 Å². The monoisotopic (exact) mass is 346 g/mol. The maximum absolute atomic E-state index is 11.9. The Labute approximate surface area is 131 Å². The van der Waals surface area contributed by atoms with Crippen molar-refractivity contribution >= 4 is 39.1 Å². The van der Waals surface area contributed by atoms with Gasteiger partial charge in [0.1, 0.15) is 0 Å². The van der Waals surface area contributed by atoms with Crippen LogP contribution in [0.25, 0.3) is 0 Å². The number of amides is 2. The van der Waals surface area contributed by atoms with E-state index in [0.717, 1.165) is 15.6 Å². The lowest BCUT2D eigenvalue weighted by Gasteiger charge is -2.09. The van der Waals surface area contributed by atoms with E-state index < -0.39 is 11.8 Å². The molecule has 0 saturated carbocycles. The number of hydrogen-bond acceptors (Lipinski definition) is 2. The first-order valence-electron chi connectivity index (χ1n) is 6.41. The molecule has 0 radical (unpaired) electrons. The fourth-order valence-corrected chi connectivity index (χ4v) is 2.05. The minimum Gasteiger partial charge on any atom is -0.318 e. The first-order valence-corrected chi connectivity index (χ1v) is 7.21. The van der Waals surface area contributed by atoms with Crippen molar-refractivity contribution in [1.29, 1.82) is 0 Å². The summed E-state index contributed by atoms with van der Waals surface area (Å²) in [6, 6.07) is 12.6. The molecule has 5 heteroatoms. The fraction of sp³-hybridized carbons (Fsp3) is 0.125. The molecule has 0 bridgehead atoms. The molecule has 0 fully saturated rings. The predicted octanol–water partition coefficient (Wildman–Crippen LogP) is 3.64. The summed E-state index contributed by atoms with van der Waals surface area (Å²) in [6.45, 7) is 3.78. The molecule has 0 unspecified atom stereocenters. The van der Waals surface area contributed by atoms with Gasteiger partial charge in [-0.3, -0.25) is 9.59 Å². The molecule has 0 heterocycles. The van der Waals surface area contributed by atoms with E-state index in [9.17, 15) is 9.59 Å². The van der Waals surface area contributed by atoms with E-state index in [2.05, 4.69) is 26.6 Å². The minimum absolute atomic E-state index is 0.584. The molecule has 0 spiro atoms. The number of para-hydroxylation sites is 1. The highest BCUT2D eigenvalue weighted by Crippen LogP contribution is 2.20. The topological polar surface area (TPSA) is 58.2 Å². The van der Waals surface area contributed by atoms with E-state index in [-0.39, 0.29) is 0 Å². The Morgan fingerprint density at radius 3 is 2.24 bits per heavy atom. The van der Waals surface area contributed by atoms with Crippen molar-refractivity contribution < 1.29 is 9.59 Å². The lowest BCUT2D eigenvalue weighted by Crippen LogP contribution is -2.29. The van der Waals surface area contributed by atoms with Crippen LogP contribution < -0.4 is 10.6 Å². The van der Waals surface area contributed by atoms with Crippen molar-refractivity contribution in [3.63, 3.8) is 0 Å².